The molecule has 3 N–H and O–H groups in total. The summed E-state index contributed by atoms with van der Waals surface area (Å²) in [5.41, 5.74) is 3.92. The second-order valence-electron chi connectivity index (χ2n) is 8.92. The molecule has 11 nitrogen and oxygen atoms in total. The fraction of sp³-hybridized carbons (Fsp3) is 0.267. The first kappa shape index (κ1) is 29.1. The quantitative estimate of drug-likeness (QED) is 0.228. The number of hydrogen-bond donors (Lipinski definition) is 3. The minimum Gasteiger partial charge on any atom is -0.504 e. The van der Waals surface area contributed by atoms with Crippen molar-refractivity contribution < 1.29 is 33.7 Å². The number of ether oxygens (including phenoxy) is 2. The SMILES string of the molecule is CCOC(=O)c1c(Nc2ccc(C#CCN3CCOCC3)cc2C)oc(C=C2C=Nc3ncccc32)c1O.O=CO. The Kier molecular flexibility index (Phi) is 9.88. The topological polar surface area (TPSA) is 147 Å². The largest absolute Gasteiger partial charge is 0.504 e. The number of aliphatic imine (C=N–C) groups is 1. The lowest BCUT2D eigenvalue weighted by Crippen LogP contribution is -2.36. The maximum Gasteiger partial charge on any atom is 0.347 e. The Morgan fingerprint density at radius 3 is 2.78 bits per heavy atom. The zero-order valence-electron chi connectivity index (χ0n) is 22.7. The third-order valence-corrected chi connectivity index (χ3v) is 6.21. The molecule has 4 heterocycles. The molecule has 2 aliphatic rings. The molecule has 1 saturated heterocycles. The Morgan fingerprint density at radius 1 is 1.27 bits per heavy atom. The van der Waals surface area contributed by atoms with Gasteiger partial charge in [-0.1, -0.05) is 11.8 Å². The molecule has 1 aromatic carbocycles. The van der Waals surface area contributed by atoms with Crippen LogP contribution in [0.15, 0.2) is 45.9 Å². The minimum absolute atomic E-state index is 0.0752. The molecule has 0 aliphatic carbocycles. The van der Waals surface area contributed by atoms with Gasteiger partial charge in [-0.3, -0.25) is 9.69 Å². The molecule has 0 bridgehead atoms. The molecule has 0 amide bonds. The van der Waals surface area contributed by atoms with Crippen molar-refractivity contribution in [1.29, 1.82) is 0 Å². The van der Waals surface area contributed by atoms with Crippen LogP contribution in [-0.2, 0) is 14.3 Å². The molecular weight excluding hydrogens is 528 g/mol. The number of nitrogens with one attached hydrogen (secondary N) is 1. The van der Waals surface area contributed by atoms with E-state index in [0.29, 0.717) is 23.6 Å². The first-order valence-electron chi connectivity index (χ1n) is 12.9. The number of nitrogens with zero attached hydrogens (tertiary/aromatic N) is 3. The molecule has 0 atom stereocenters. The number of benzene rings is 1. The number of aryl methyl sites for hydroxylation is 1. The Morgan fingerprint density at radius 2 is 2.05 bits per heavy atom. The molecule has 5 rings (SSSR count). The zero-order chi connectivity index (χ0) is 29.2. The van der Waals surface area contributed by atoms with Crippen molar-refractivity contribution in [3.63, 3.8) is 0 Å². The number of aromatic nitrogens is 1. The summed E-state index contributed by atoms with van der Waals surface area (Å²) < 4.78 is 16.5. The molecule has 11 heteroatoms. The molecule has 2 aromatic heterocycles. The molecule has 3 aromatic rings. The second kappa shape index (κ2) is 13.9. The van der Waals surface area contributed by atoms with Crippen molar-refractivity contribution >= 4 is 47.7 Å². The molecule has 1 fully saturated rings. The normalized spacial score (nSPS) is 14.8. The van der Waals surface area contributed by atoms with Gasteiger partial charge in [0.1, 0.15) is 0 Å². The van der Waals surface area contributed by atoms with E-state index in [2.05, 4.69) is 32.0 Å². The first-order chi connectivity index (χ1) is 19.9. The van der Waals surface area contributed by atoms with Crippen LogP contribution >= 0.6 is 0 Å². The molecule has 41 heavy (non-hydrogen) atoms. The number of fused-ring (bicyclic) bond motifs is 1. The predicted octanol–water partition coefficient (Wildman–Crippen LogP) is 4.25. The van der Waals surface area contributed by atoms with Crippen molar-refractivity contribution in [2.24, 2.45) is 4.99 Å². The average molecular weight is 559 g/mol. The van der Waals surface area contributed by atoms with Crippen molar-refractivity contribution in [2.75, 3.05) is 44.8 Å². The van der Waals surface area contributed by atoms with Crippen LogP contribution in [0.3, 0.4) is 0 Å². The molecule has 0 radical (unpaired) electrons. The number of allylic oxidation sites excluding steroid dienone is 1. The van der Waals surface area contributed by atoms with Gasteiger partial charge in [0.05, 0.1) is 26.4 Å². The van der Waals surface area contributed by atoms with Crippen LogP contribution < -0.4 is 5.32 Å². The molecule has 0 spiro atoms. The van der Waals surface area contributed by atoms with E-state index in [4.69, 9.17) is 23.8 Å². The van der Waals surface area contributed by atoms with Gasteiger partial charge >= 0.3 is 5.97 Å². The highest BCUT2D eigenvalue weighted by Gasteiger charge is 2.27. The maximum atomic E-state index is 12.7. The van der Waals surface area contributed by atoms with E-state index in [1.165, 1.54) is 0 Å². The number of furan rings is 1. The van der Waals surface area contributed by atoms with E-state index < -0.39 is 5.97 Å². The minimum atomic E-state index is -0.689. The van der Waals surface area contributed by atoms with Crippen LogP contribution in [-0.4, -0.2) is 78.2 Å². The second-order valence-corrected chi connectivity index (χ2v) is 8.92. The molecule has 212 valence electrons. The summed E-state index contributed by atoms with van der Waals surface area (Å²) in [6.45, 7) is 7.51. The van der Waals surface area contributed by atoms with Crippen LogP contribution in [0, 0.1) is 18.8 Å². The summed E-state index contributed by atoms with van der Waals surface area (Å²) in [4.78, 5) is 31.9. The number of aromatic hydroxyl groups is 1. The van der Waals surface area contributed by atoms with Crippen molar-refractivity contribution in [3.8, 4) is 17.6 Å². The van der Waals surface area contributed by atoms with Gasteiger partial charge in [-0.25, -0.2) is 14.8 Å². The third kappa shape index (κ3) is 7.19. The highest BCUT2D eigenvalue weighted by atomic mass is 16.5. The number of esters is 1. The van der Waals surface area contributed by atoms with Gasteiger partial charge in [-0.15, -0.1) is 0 Å². The van der Waals surface area contributed by atoms with Gasteiger partial charge in [0.15, 0.2) is 22.9 Å². The zero-order valence-corrected chi connectivity index (χ0v) is 22.7. The first-order valence-corrected chi connectivity index (χ1v) is 12.9. The number of pyridine rings is 1. The Labute approximate surface area is 237 Å². The average Bonchev–Trinajstić information content (AvgIpc) is 3.51. The van der Waals surface area contributed by atoms with E-state index in [-0.39, 0.29) is 36.0 Å². The lowest BCUT2D eigenvalue weighted by atomic mass is 10.1. The maximum absolute atomic E-state index is 12.7. The summed E-state index contributed by atoms with van der Waals surface area (Å²) in [7, 11) is 0. The Bertz CT molecular complexity index is 1530. The van der Waals surface area contributed by atoms with Crippen LogP contribution in [0.2, 0.25) is 0 Å². The smallest absolute Gasteiger partial charge is 0.347 e. The lowest BCUT2D eigenvalue weighted by Gasteiger charge is -2.24. The standard InChI is InChI=1S/C29H28N4O5.CH2O2/c1-3-37-29(35)25-26(34)24(17-21-18-31-27-22(21)7-4-10-30-27)38-28(25)32-23-9-8-20(16-19(23)2)6-5-11-33-12-14-36-15-13-33;2-1-3/h4,7-10,16-18,32,34H,3,11-15H2,1-2H3;1H,(H,2,3). The summed E-state index contributed by atoms with van der Waals surface area (Å²) in [6, 6.07) is 9.41. The van der Waals surface area contributed by atoms with E-state index >= 15 is 0 Å². The van der Waals surface area contributed by atoms with E-state index in [9.17, 15) is 9.90 Å². The summed E-state index contributed by atoms with van der Waals surface area (Å²) in [5.74, 6) is 6.21. The van der Waals surface area contributed by atoms with Crippen LogP contribution in [0.1, 0.15) is 39.7 Å². The number of carbonyl (C=O) groups excluding carboxylic acids is 1. The highest BCUT2D eigenvalue weighted by molar-refractivity contribution is 6.21. The highest BCUT2D eigenvalue weighted by Crippen LogP contribution is 2.39. The van der Waals surface area contributed by atoms with E-state index in [0.717, 1.165) is 43.0 Å². The number of hydrogen-bond acceptors (Lipinski definition) is 10. The van der Waals surface area contributed by atoms with E-state index in [1.807, 2.05) is 31.2 Å². The molecular formula is C30H30N4O7. The Hall–Kier alpha value is -4.92. The van der Waals surface area contributed by atoms with Crippen LogP contribution in [0.25, 0.3) is 11.6 Å². The van der Waals surface area contributed by atoms with Gasteiger partial charge in [-0.05, 0) is 55.8 Å². The number of morpholine rings is 1. The van der Waals surface area contributed by atoms with Crippen LogP contribution in [0.5, 0.6) is 5.75 Å². The number of carboxylic acid groups (broad SMARTS) is 1. The number of anilines is 2. The fourth-order valence-electron chi connectivity index (χ4n) is 4.22. The predicted molar refractivity (Wildman–Crippen MR) is 154 cm³/mol. The third-order valence-electron chi connectivity index (χ3n) is 6.21. The molecule has 0 saturated carbocycles. The van der Waals surface area contributed by atoms with Gasteiger partial charge < -0.3 is 29.4 Å². The van der Waals surface area contributed by atoms with Crippen LogP contribution in [0.4, 0.5) is 17.4 Å². The number of carbonyl (C=O) groups is 2. The Balaban J connectivity index is 0.00000124. The van der Waals surface area contributed by atoms with Gasteiger partial charge in [-0.2, -0.15) is 0 Å². The van der Waals surface area contributed by atoms with Crippen molar-refractivity contribution in [3.05, 3.63) is 64.5 Å². The summed E-state index contributed by atoms with van der Waals surface area (Å²) in [5, 5.41) is 21.0. The molecule has 0 unspecified atom stereocenters. The van der Waals surface area contributed by atoms with Gasteiger partial charge in [0.2, 0.25) is 5.88 Å². The summed E-state index contributed by atoms with van der Waals surface area (Å²) in [6.07, 6.45) is 4.92. The van der Waals surface area contributed by atoms with Crippen molar-refractivity contribution in [1.82, 2.24) is 9.88 Å². The fourth-order valence-corrected chi connectivity index (χ4v) is 4.22. The van der Waals surface area contributed by atoms with Gasteiger partial charge in [0, 0.05) is 47.9 Å². The van der Waals surface area contributed by atoms with E-state index in [1.54, 1.807) is 31.5 Å². The molecule has 2 aliphatic heterocycles. The number of rotatable bonds is 6. The lowest BCUT2D eigenvalue weighted by molar-refractivity contribution is -0.122. The van der Waals surface area contributed by atoms with Crippen molar-refractivity contribution in [2.45, 2.75) is 13.8 Å². The summed E-state index contributed by atoms with van der Waals surface area (Å²) >= 11 is 0. The van der Waals surface area contributed by atoms with Gasteiger partial charge in [0.25, 0.3) is 6.47 Å². The monoisotopic (exact) mass is 558 g/mol.